The van der Waals surface area contributed by atoms with E-state index in [1.807, 2.05) is 6.07 Å². The largest absolute Gasteiger partial charge is 0.378 e. The lowest BCUT2D eigenvalue weighted by Crippen LogP contribution is -2.37. The van der Waals surface area contributed by atoms with Gasteiger partial charge in [-0.25, -0.2) is 0 Å². The smallest absolute Gasteiger partial charge is 0.232 e. The summed E-state index contributed by atoms with van der Waals surface area (Å²) in [6.07, 6.45) is 0. The molecule has 3 aromatic rings. The van der Waals surface area contributed by atoms with Crippen LogP contribution in [0.4, 0.5) is 5.95 Å². The van der Waals surface area contributed by atoms with E-state index in [2.05, 4.69) is 85.0 Å². The Labute approximate surface area is 171 Å². The van der Waals surface area contributed by atoms with E-state index >= 15 is 0 Å². The third kappa shape index (κ3) is 4.20. The first-order valence-corrected chi connectivity index (χ1v) is 10.7. The molecule has 0 saturated carbocycles. The second-order valence-corrected chi connectivity index (χ2v) is 8.23. The molecule has 1 saturated heterocycles. The first-order chi connectivity index (χ1) is 13.2. The first-order valence-electron chi connectivity index (χ1n) is 8.94. The monoisotopic (exact) mass is 444 g/mol. The van der Waals surface area contributed by atoms with Crippen LogP contribution in [0.15, 0.2) is 58.2 Å². The van der Waals surface area contributed by atoms with Gasteiger partial charge < -0.3 is 9.64 Å². The number of aromatic nitrogens is 3. The van der Waals surface area contributed by atoms with Crippen molar-refractivity contribution in [2.24, 2.45) is 0 Å². The molecule has 0 atom stereocenters. The SMILES string of the molecule is Cc1ccc(-n2c(SCc3ccccc3Br)nnc2N2CCOCC2)cc1. The predicted octanol–water partition coefficient (Wildman–Crippen LogP) is 4.47. The van der Waals surface area contributed by atoms with Gasteiger partial charge in [0.1, 0.15) is 0 Å². The number of morpholine rings is 1. The summed E-state index contributed by atoms with van der Waals surface area (Å²) in [6, 6.07) is 16.8. The van der Waals surface area contributed by atoms with Crippen LogP contribution in [0.5, 0.6) is 0 Å². The maximum atomic E-state index is 5.50. The van der Waals surface area contributed by atoms with Crippen molar-refractivity contribution < 1.29 is 4.74 Å². The Hall–Kier alpha value is -1.83. The summed E-state index contributed by atoms with van der Waals surface area (Å²) in [6.45, 7) is 5.21. The van der Waals surface area contributed by atoms with Crippen LogP contribution >= 0.6 is 27.7 Å². The van der Waals surface area contributed by atoms with Crippen molar-refractivity contribution in [3.05, 3.63) is 64.1 Å². The number of rotatable bonds is 5. The van der Waals surface area contributed by atoms with Gasteiger partial charge in [-0.05, 0) is 30.7 Å². The van der Waals surface area contributed by atoms with Gasteiger partial charge in [0.2, 0.25) is 5.95 Å². The van der Waals surface area contributed by atoms with Gasteiger partial charge in [0, 0.05) is 23.3 Å². The topological polar surface area (TPSA) is 43.2 Å². The number of hydrogen-bond acceptors (Lipinski definition) is 5. The average molecular weight is 445 g/mol. The summed E-state index contributed by atoms with van der Waals surface area (Å²) in [5, 5.41) is 9.94. The van der Waals surface area contributed by atoms with Gasteiger partial charge in [0.15, 0.2) is 5.16 Å². The fraction of sp³-hybridized carbons (Fsp3) is 0.300. The molecule has 140 valence electrons. The molecule has 1 aliphatic rings. The Morgan fingerprint density at radius 1 is 1.04 bits per heavy atom. The molecule has 0 unspecified atom stereocenters. The van der Waals surface area contributed by atoms with E-state index in [0.29, 0.717) is 0 Å². The second-order valence-electron chi connectivity index (χ2n) is 6.43. The Bertz CT molecular complexity index is 907. The van der Waals surface area contributed by atoms with E-state index in [1.54, 1.807) is 11.8 Å². The molecule has 27 heavy (non-hydrogen) atoms. The number of benzene rings is 2. The molecular formula is C20H21BrN4OS. The highest BCUT2D eigenvalue weighted by atomic mass is 79.9. The number of thioether (sulfide) groups is 1. The van der Waals surface area contributed by atoms with Gasteiger partial charge in [-0.15, -0.1) is 10.2 Å². The number of ether oxygens (including phenoxy) is 1. The van der Waals surface area contributed by atoms with E-state index in [9.17, 15) is 0 Å². The van der Waals surface area contributed by atoms with E-state index in [-0.39, 0.29) is 0 Å². The van der Waals surface area contributed by atoms with Gasteiger partial charge in [0.25, 0.3) is 0 Å². The quantitative estimate of drug-likeness (QED) is 0.543. The van der Waals surface area contributed by atoms with Crippen LogP contribution in [0.25, 0.3) is 5.69 Å². The number of nitrogens with zero attached hydrogens (tertiary/aromatic N) is 4. The summed E-state index contributed by atoms with van der Waals surface area (Å²) >= 11 is 5.33. The third-order valence-electron chi connectivity index (χ3n) is 4.52. The molecule has 0 bridgehead atoms. The number of halogens is 1. The molecule has 0 aliphatic carbocycles. The summed E-state index contributed by atoms with van der Waals surface area (Å²) in [7, 11) is 0. The zero-order valence-electron chi connectivity index (χ0n) is 15.1. The van der Waals surface area contributed by atoms with Crippen molar-refractivity contribution in [3.63, 3.8) is 0 Å². The van der Waals surface area contributed by atoms with E-state index in [0.717, 1.165) is 53.3 Å². The number of aryl methyl sites for hydroxylation is 1. The van der Waals surface area contributed by atoms with Gasteiger partial charge in [0.05, 0.1) is 18.9 Å². The van der Waals surface area contributed by atoms with Crippen molar-refractivity contribution in [1.82, 2.24) is 14.8 Å². The maximum absolute atomic E-state index is 5.50. The second kappa shape index (κ2) is 8.46. The van der Waals surface area contributed by atoms with Crippen molar-refractivity contribution in [2.45, 2.75) is 17.8 Å². The van der Waals surface area contributed by atoms with Crippen LogP contribution in [0.2, 0.25) is 0 Å². The van der Waals surface area contributed by atoms with Crippen LogP contribution in [-0.4, -0.2) is 41.1 Å². The summed E-state index contributed by atoms with van der Waals surface area (Å²) in [5.41, 5.74) is 3.57. The average Bonchev–Trinajstić information content (AvgIpc) is 3.12. The van der Waals surface area contributed by atoms with Crippen LogP contribution < -0.4 is 4.90 Å². The highest BCUT2D eigenvalue weighted by Gasteiger charge is 2.22. The van der Waals surface area contributed by atoms with E-state index in [4.69, 9.17) is 4.74 Å². The maximum Gasteiger partial charge on any atom is 0.232 e. The summed E-state index contributed by atoms with van der Waals surface area (Å²) in [4.78, 5) is 2.25. The van der Waals surface area contributed by atoms with Crippen LogP contribution in [-0.2, 0) is 10.5 Å². The number of anilines is 1. The molecule has 4 rings (SSSR count). The molecule has 7 heteroatoms. The van der Waals surface area contributed by atoms with Crippen molar-refractivity contribution in [1.29, 1.82) is 0 Å². The molecule has 0 amide bonds. The summed E-state index contributed by atoms with van der Waals surface area (Å²) in [5.74, 6) is 1.71. The Kier molecular flexibility index (Phi) is 5.80. The minimum Gasteiger partial charge on any atom is -0.378 e. The van der Waals surface area contributed by atoms with E-state index in [1.165, 1.54) is 11.1 Å². The fourth-order valence-electron chi connectivity index (χ4n) is 3.00. The van der Waals surface area contributed by atoms with Crippen molar-refractivity contribution >= 4 is 33.6 Å². The molecule has 0 radical (unpaired) electrons. The minimum absolute atomic E-state index is 0.722. The predicted molar refractivity (Wildman–Crippen MR) is 113 cm³/mol. The lowest BCUT2D eigenvalue weighted by atomic mass is 10.2. The Morgan fingerprint density at radius 2 is 1.78 bits per heavy atom. The molecular weight excluding hydrogens is 424 g/mol. The lowest BCUT2D eigenvalue weighted by molar-refractivity contribution is 0.122. The standard InChI is InChI=1S/C20H21BrN4OS/c1-15-6-8-17(9-7-15)25-19(24-10-12-26-13-11-24)22-23-20(25)27-14-16-4-2-3-5-18(16)21/h2-9H,10-14H2,1H3. The van der Waals surface area contributed by atoms with Crippen LogP contribution in [0.1, 0.15) is 11.1 Å². The number of hydrogen-bond donors (Lipinski definition) is 0. The van der Waals surface area contributed by atoms with Crippen LogP contribution in [0, 0.1) is 6.92 Å². The lowest BCUT2D eigenvalue weighted by Gasteiger charge is -2.28. The molecule has 1 fully saturated rings. The van der Waals surface area contributed by atoms with Crippen LogP contribution in [0.3, 0.4) is 0 Å². The van der Waals surface area contributed by atoms with Gasteiger partial charge in [-0.3, -0.25) is 4.57 Å². The molecule has 2 aromatic carbocycles. The zero-order chi connectivity index (χ0) is 18.6. The normalized spacial score (nSPS) is 14.5. The highest BCUT2D eigenvalue weighted by Crippen LogP contribution is 2.31. The Morgan fingerprint density at radius 3 is 2.52 bits per heavy atom. The van der Waals surface area contributed by atoms with Crippen molar-refractivity contribution in [2.75, 3.05) is 31.2 Å². The Balaban J connectivity index is 1.67. The van der Waals surface area contributed by atoms with Gasteiger partial charge in [-0.1, -0.05) is 63.6 Å². The van der Waals surface area contributed by atoms with Gasteiger partial charge in [-0.2, -0.15) is 0 Å². The van der Waals surface area contributed by atoms with Crippen molar-refractivity contribution in [3.8, 4) is 5.69 Å². The van der Waals surface area contributed by atoms with E-state index < -0.39 is 0 Å². The molecule has 1 aliphatic heterocycles. The minimum atomic E-state index is 0.722. The highest BCUT2D eigenvalue weighted by molar-refractivity contribution is 9.10. The summed E-state index contributed by atoms with van der Waals surface area (Å²) < 4.78 is 8.78. The molecule has 0 N–H and O–H groups in total. The fourth-order valence-corrected chi connectivity index (χ4v) is 4.56. The molecule has 0 spiro atoms. The molecule has 2 heterocycles. The molecule has 5 nitrogen and oxygen atoms in total. The van der Waals surface area contributed by atoms with Gasteiger partial charge >= 0.3 is 0 Å². The molecule has 1 aromatic heterocycles. The first kappa shape index (κ1) is 18.5. The third-order valence-corrected chi connectivity index (χ3v) is 6.27. The zero-order valence-corrected chi connectivity index (χ0v) is 17.5.